The number of likely N-dealkylation sites (tertiary alicyclic amines) is 1. The van der Waals surface area contributed by atoms with Crippen LogP contribution in [0.3, 0.4) is 0 Å². The molecule has 3 unspecified atom stereocenters. The highest BCUT2D eigenvalue weighted by Gasteiger charge is 2.54. The van der Waals surface area contributed by atoms with Crippen molar-refractivity contribution in [1.29, 1.82) is 0 Å². The quantitative estimate of drug-likeness (QED) is 0.403. The maximum absolute atomic E-state index is 14.2. The number of urea groups is 1. The first-order chi connectivity index (χ1) is 21.4. The van der Waals surface area contributed by atoms with E-state index >= 15 is 0 Å². The Kier molecular flexibility index (Phi) is 9.94. The molecule has 3 atom stereocenters. The maximum atomic E-state index is 14.2. The van der Waals surface area contributed by atoms with E-state index in [0.29, 0.717) is 44.6 Å². The van der Waals surface area contributed by atoms with Crippen molar-refractivity contribution >= 4 is 40.0 Å². The second-order valence-electron chi connectivity index (χ2n) is 13.2. The third kappa shape index (κ3) is 6.86. The van der Waals surface area contributed by atoms with E-state index in [0.717, 1.165) is 11.8 Å². The first-order valence-corrected chi connectivity index (χ1v) is 17.6. The highest BCUT2D eigenvalue weighted by Crippen LogP contribution is 2.41. The van der Waals surface area contributed by atoms with Crippen LogP contribution in [-0.4, -0.2) is 85.9 Å². The van der Waals surface area contributed by atoms with Gasteiger partial charge in [0.1, 0.15) is 5.54 Å². The largest absolute Gasteiger partial charge is 0.325 e. The van der Waals surface area contributed by atoms with Gasteiger partial charge in [-0.2, -0.15) is 0 Å². The molecule has 1 saturated carbocycles. The van der Waals surface area contributed by atoms with E-state index in [1.807, 2.05) is 18.2 Å². The number of halogens is 3. The summed E-state index contributed by atoms with van der Waals surface area (Å²) >= 11 is 0. The fraction of sp³-hybridized carbons (Fsp3) is 0.545. The molecule has 3 saturated heterocycles. The average Bonchev–Trinajstić information content (AvgIpc) is 3.57. The highest BCUT2D eigenvalue weighted by molar-refractivity contribution is 7.90. The summed E-state index contributed by atoms with van der Waals surface area (Å²) in [5.74, 6) is -3.46. The molecule has 2 N–H and O–H groups in total. The zero-order valence-electron chi connectivity index (χ0n) is 25.8. The van der Waals surface area contributed by atoms with Gasteiger partial charge in [-0.1, -0.05) is 42.5 Å². The molecule has 9 nitrogen and oxygen atoms in total. The topological polar surface area (TPSA) is 116 Å². The minimum atomic E-state index is -3.37. The number of imide groups is 1. The van der Waals surface area contributed by atoms with Crippen molar-refractivity contribution < 1.29 is 31.6 Å². The van der Waals surface area contributed by atoms with Crippen LogP contribution in [0.5, 0.6) is 0 Å². The highest BCUT2D eigenvalue weighted by atomic mass is 35.5. The first kappa shape index (κ1) is 34.4. The van der Waals surface area contributed by atoms with Crippen molar-refractivity contribution in [2.75, 3.05) is 32.4 Å². The van der Waals surface area contributed by atoms with Crippen LogP contribution < -0.4 is 10.6 Å². The Morgan fingerprint density at radius 3 is 2.20 bits per heavy atom. The zero-order valence-corrected chi connectivity index (χ0v) is 27.4. The third-order valence-corrected chi connectivity index (χ3v) is 11.4. The van der Waals surface area contributed by atoms with Crippen molar-refractivity contribution in [3.05, 3.63) is 65.7 Å². The summed E-state index contributed by atoms with van der Waals surface area (Å²) in [6.45, 7) is 2.16. The zero-order chi connectivity index (χ0) is 32.0. The van der Waals surface area contributed by atoms with Gasteiger partial charge in [0.15, 0.2) is 15.6 Å². The van der Waals surface area contributed by atoms with Gasteiger partial charge in [-0.05, 0) is 48.9 Å². The van der Waals surface area contributed by atoms with Gasteiger partial charge in [0.25, 0.3) is 5.91 Å². The van der Waals surface area contributed by atoms with Crippen molar-refractivity contribution in [2.45, 2.75) is 73.4 Å². The molecule has 0 aromatic heterocycles. The normalized spacial score (nSPS) is 25.7. The van der Waals surface area contributed by atoms with E-state index in [1.54, 1.807) is 12.1 Å². The fourth-order valence-electron chi connectivity index (χ4n) is 7.69. The van der Waals surface area contributed by atoms with Gasteiger partial charge in [0.2, 0.25) is 5.92 Å². The predicted octanol–water partition coefficient (Wildman–Crippen LogP) is 4.16. The Labute approximate surface area is 274 Å². The molecule has 1 spiro atoms. The summed E-state index contributed by atoms with van der Waals surface area (Å²) in [7, 11) is -3.37. The van der Waals surface area contributed by atoms with Gasteiger partial charge in [-0.3, -0.25) is 19.4 Å². The Morgan fingerprint density at radius 1 is 0.957 bits per heavy atom. The monoisotopic (exact) mass is 678 g/mol. The number of hydrogen-bond donors (Lipinski definition) is 2. The van der Waals surface area contributed by atoms with E-state index < -0.39 is 39.3 Å². The number of carbonyl (C=O) groups is 3. The number of sulfone groups is 1. The lowest BCUT2D eigenvalue weighted by atomic mass is 9.74. The molecule has 2 aromatic rings. The molecule has 0 bridgehead atoms. The van der Waals surface area contributed by atoms with Crippen LogP contribution in [0, 0.1) is 11.8 Å². The summed E-state index contributed by atoms with van der Waals surface area (Å²) in [6.07, 6.45) is 1.55. The Balaban J connectivity index is 0.00000417. The minimum absolute atomic E-state index is 0. The predicted molar refractivity (Wildman–Crippen MR) is 171 cm³/mol. The number of hydrogen-bond acceptors (Lipinski definition) is 7. The van der Waals surface area contributed by atoms with Crippen LogP contribution in [0.4, 0.5) is 13.6 Å². The molecule has 0 radical (unpaired) electrons. The number of Topliss-reactive ketones (excluding diaryl/α,β-unsaturated/α-hetero) is 1. The standard InChI is InChI=1S/C33H40F2N4O5S.ClH/c1-45(43,44)25-9-7-22(8-10-25)21-39-30(41)32(37-31(39)42)15-17-38(18-16-32)28(29(40)24-11-13-33(34,35)14-12-24)27-20-36-19-26(27)23-5-3-2-4-6-23;/h2-10,24,26-28,36H,11-21H2,1H3,(H,37,42);1H. The molecule has 2 aromatic carbocycles. The van der Waals surface area contributed by atoms with Gasteiger partial charge in [0.05, 0.1) is 17.5 Å². The van der Waals surface area contributed by atoms with Crippen LogP contribution >= 0.6 is 12.4 Å². The van der Waals surface area contributed by atoms with Crippen LogP contribution in [0.15, 0.2) is 59.5 Å². The number of ketones is 1. The molecule has 6 rings (SSSR count). The van der Waals surface area contributed by atoms with E-state index in [2.05, 4.69) is 27.7 Å². The third-order valence-electron chi connectivity index (χ3n) is 10.3. The number of rotatable bonds is 8. The second-order valence-corrected chi connectivity index (χ2v) is 15.2. The number of benzene rings is 2. The van der Waals surface area contributed by atoms with Crippen molar-refractivity contribution in [1.82, 2.24) is 20.4 Å². The first-order valence-electron chi connectivity index (χ1n) is 15.7. The SMILES string of the molecule is CS(=O)(=O)c1ccc(CN2C(=O)NC3(CCN(C(C(=O)C4CCC(F)(F)CC4)C4CNCC4c4ccccc4)CC3)C2=O)cc1.Cl. The fourth-order valence-corrected chi connectivity index (χ4v) is 8.32. The second kappa shape index (κ2) is 13.3. The molecular weight excluding hydrogens is 638 g/mol. The lowest BCUT2D eigenvalue weighted by Gasteiger charge is -2.44. The molecular formula is C33H41ClF2N4O5S. The number of amides is 3. The summed E-state index contributed by atoms with van der Waals surface area (Å²) in [5, 5.41) is 6.39. The maximum Gasteiger partial charge on any atom is 0.325 e. The summed E-state index contributed by atoms with van der Waals surface area (Å²) < 4.78 is 51.7. The Bertz CT molecular complexity index is 1540. The lowest BCUT2D eigenvalue weighted by molar-refractivity contribution is -0.137. The van der Waals surface area contributed by atoms with Gasteiger partial charge >= 0.3 is 6.03 Å². The molecule has 3 aliphatic heterocycles. The van der Waals surface area contributed by atoms with E-state index in [-0.39, 0.29) is 73.1 Å². The van der Waals surface area contributed by atoms with Gasteiger partial charge in [-0.25, -0.2) is 22.0 Å². The summed E-state index contributed by atoms with van der Waals surface area (Å²) in [5.41, 5.74) is 0.672. The molecule has 250 valence electrons. The molecule has 13 heteroatoms. The lowest BCUT2D eigenvalue weighted by Crippen LogP contribution is -2.60. The minimum Gasteiger partial charge on any atom is -0.323 e. The number of carbonyl (C=O) groups excluding carboxylic acids is 3. The Hall–Kier alpha value is -2.93. The molecule has 3 heterocycles. The van der Waals surface area contributed by atoms with Gasteiger partial charge < -0.3 is 10.6 Å². The molecule has 4 fully saturated rings. The number of nitrogens with zero attached hydrogens (tertiary/aromatic N) is 2. The summed E-state index contributed by atoms with van der Waals surface area (Å²) in [6, 6.07) is 15.2. The van der Waals surface area contributed by atoms with Crippen molar-refractivity contribution in [3.63, 3.8) is 0 Å². The van der Waals surface area contributed by atoms with Crippen LogP contribution in [0.2, 0.25) is 0 Å². The molecule has 46 heavy (non-hydrogen) atoms. The number of nitrogens with one attached hydrogen (secondary N) is 2. The van der Waals surface area contributed by atoms with Crippen LogP contribution in [-0.2, 0) is 26.0 Å². The van der Waals surface area contributed by atoms with Crippen LogP contribution in [0.1, 0.15) is 55.6 Å². The van der Waals surface area contributed by atoms with Crippen molar-refractivity contribution in [3.8, 4) is 0 Å². The smallest absolute Gasteiger partial charge is 0.323 e. The number of alkyl halides is 2. The van der Waals surface area contributed by atoms with Gasteiger partial charge in [-0.15, -0.1) is 12.4 Å². The van der Waals surface area contributed by atoms with E-state index in [1.165, 1.54) is 17.0 Å². The molecule has 4 aliphatic rings. The average molecular weight is 679 g/mol. The number of piperidine rings is 1. The van der Waals surface area contributed by atoms with Crippen molar-refractivity contribution in [2.24, 2.45) is 11.8 Å². The van der Waals surface area contributed by atoms with Gasteiger partial charge in [0, 0.05) is 63.0 Å². The van der Waals surface area contributed by atoms with E-state index in [9.17, 15) is 31.6 Å². The van der Waals surface area contributed by atoms with Crippen LogP contribution in [0.25, 0.3) is 0 Å². The molecule has 1 aliphatic carbocycles. The summed E-state index contributed by atoms with van der Waals surface area (Å²) in [4.78, 5) is 44.5. The molecule has 3 amide bonds. The Morgan fingerprint density at radius 2 is 1.59 bits per heavy atom. The van der Waals surface area contributed by atoms with E-state index in [4.69, 9.17) is 0 Å².